The zero-order chi connectivity index (χ0) is 59.8. The van der Waals surface area contributed by atoms with Gasteiger partial charge in [-0.25, -0.2) is 44.0 Å². The smallest absolute Gasteiger partial charge is 0.410 e. The number of likely N-dealkylation sites (tertiary alicyclic amines) is 1. The Morgan fingerprint density at radius 1 is 0.536 bits per heavy atom. The van der Waals surface area contributed by atoms with Crippen LogP contribution in [-0.4, -0.2) is 127 Å². The Morgan fingerprint density at radius 3 is 1.30 bits per heavy atom. The molecule has 4 atom stereocenters. The summed E-state index contributed by atoms with van der Waals surface area (Å²) in [5, 5.41) is 0.755. The lowest BCUT2D eigenvalue weighted by molar-refractivity contribution is -0.135. The number of benzene rings is 4. The van der Waals surface area contributed by atoms with Gasteiger partial charge in [0, 0.05) is 61.4 Å². The van der Waals surface area contributed by atoms with Crippen molar-refractivity contribution in [2.75, 3.05) is 45.8 Å². The third kappa shape index (κ3) is 13.1. The van der Waals surface area contributed by atoms with Crippen LogP contribution in [0.1, 0.15) is 146 Å². The second-order valence-electron chi connectivity index (χ2n) is 23.9. The number of primary amides is 1. The number of halogens is 6. The third-order valence-electron chi connectivity index (χ3n) is 18.7. The van der Waals surface area contributed by atoms with Crippen molar-refractivity contribution in [1.82, 2.24) is 23.3 Å². The lowest BCUT2D eigenvalue weighted by atomic mass is 9.63. The van der Waals surface area contributed by atoms with Crippen LogP contribution in [0.15, 0.2) is 94.7 Å². The molecule has 3 aliphatic carbocycles. The number of ether oxygens (including phenoxy) is 2. The van der Waals surface area contributed by atoms with Crippen LogP contribution in [0.3, 0.4) is 0 Å². The van der Waals surface area contributed by atoms with Crippen LogP contribution < -0.4 is 5.73 Å². The summed E-state index contributed by atoms with van der Waals surface area (Å²) in [6.07, 6.45) is 11.0. The Balaban J connectivity index is 0.000000189. The van der Waals surface area contributed by atoms with Gasteiger partial charge in [-0.2, -0.15) is 8.61 Å². The number of hydrogen-bond acceptors (Lipinski definition) is 10. The van der Waals surface area contributed by atoms with E-state index in [1.54, 1.807) is 9.80 Å². The van der Waals surface area contributed by atoms with Gasteiger partial charge in [0.25, 0.3) is 0 Å². The van der Waals surface area contributed by atoms with Crippen molar-refractivity contribution in [1.29, 1.82) is 0 Å². The van der Waals surface area contributed by atoms with E-state index in [0.717, 1.165) is 82.4 Å². The zero-order valence-corrected chi connectivity index (χ0v) is 50.4. The number of sulfonamides is 2. The number of amides is 3. The van der Waals surface area contributed by atoms with Crippen LogP contribution in [0.5, 0.6) is 0 Å². The summed E-state index contributed by atoms with van der Waals surface area (Å²) >= 11 is 12.1. The first-order valence-electron chi connectivity index (χ1n) is 29.6. The van der Waals surface area contributed by atoms with Crippen molar-refractivity contribution < 1.29 is 58.3 Å². The summed E-state index contributed by atoms with van der Waals surface area (Å²) < 4.78 is 129. The van der Waals surface area contributed by atoms with Crippen molar-refractivity contribution in [3.8, 4) is 0 Å². The van der Waals surface area contributed by atoms with Crippen LogP contribution >= 0.6 is 23.2 Å². The monoisotopic (exact) mass is 1240 g/mol. The maximum atomic E-state index is 14.4. The van der Waals surface area contributed by atoms with Crippen molar-refractivity contribution in [2.24, 2.45) is 17.1 Å². The van der Waals surface area contributed by atoms with E-state index in [-0.39, 0.29) is 32.7 Å². The molecule has 3 amide bonds. The molecule has 15 nitrogen and oxygen atoms in total. The van der Waals surface area contributed by atoms with Gasteiger partial charge < -0.3 is 25.0 Å². The Morgan fingerprint density at radius 2 is 0.929 bits per heavy atom. The highest BCUT2D eigenvalue weighted by Crippen LogP contribution is 2.55. The van der Waals surface area contributed by atoms with Crippen molar-refractivity contribution in [2.45, 2.75) is 168 Å². The van der Waals surface area contributed by atoms with Crippen LogP contribution in [-0.2, 0) is 34.3 Å². The summed E-state index contributed by atoms with van der Waals surface area (Å²) in [4.78, 5) is 45.3. The minimum Gasteiger partial charge on any atom is -0.441 e. The average molecular weight is 1250 g/mol. The molecule has 11 rings (SSSR count). The topological polar surface area (TPSA) is 180 Å². The highest BCUT2D eigenvalue weighted by Gasteiger charge is 2.62. The molecule has 0 radical (unpaired) electrons. The maximum absolute atomic E-state index is 14.4. The minimum atomic E-state index is -4.22. The molecule has 4 unspecified atom stereocenters. The summed E-state index contributed by atoms with van der Waals surface area (Å²) in [5.41, 5.74) is 3.72. The Kier molecular flexibility index (Phi) is 18.7. The maximum Gasteiger partial charge on any atom is 0.410 e. The zero-order valence-electron chi connectivity index (χ0n) is 47.2. The molecule has 7 aliphatic rings. The molecule has 0 spiro atoms. The molecule has 4 saturated heterocycles. The standard InChI is InChI=1S/C33H40ClF2N3O5S.C28H34ClF2N3O4S/c34-24-9-11-27(12-10-24)45(42,43)39-28(22-19-25(35)21-26(36)20-22)7-4-8-29(39)33(13-14-33)44-31(41)38-17-15-32(16-18-38,30(37)40)23-5-2-1-3-6-23;1-2-12-32-13-15-33(16-14-32)27(35)38-28(10-11-28)26-5-3-4-25(20-17-22(30)19-23(31)18-20)34(26)39(36,37)24-8-6-21(29)7-9-24/h9-12,19-21,23,28-29H,1-8,13-18H2,(H2,37,40);6-9,17-19,25-26H,2-5,10-16H2,1H3. The van der Waals surface area contributed by atoms with Gasteiger partial charge in [-0.15, -0.1) is 0 Å². The minimum absolute atomic E-state index is 0.00987. The van der Waals surface area contributed by atoms with Gasteiger partial charge in [0.2, 0.25) is 26.0 Å². The summed E-state index contributed by atoms with van der Waals surface area (Å²) in [5.74, 6) is -3.22. The van der Waals surface area contributed by atoms with E-state index in [1.165, 1.54) is 69.3 Å². The fourth-order valence-corrected chi connectivity index (χ4v) is 18.1. The van der Waals surface area contributed by atoms with Crippen molar-refractivity contribution in [3.05, 3.63) is 129 Å². The third-order valence-corrected chi connectivity index (χ3v) is 23.1. The summed E-state index contributed by atoms with van der Waals surface area (Å²) in [7, 11) is -8.37. The van der Waals surface area contributed by atoms with Crippen molar-refractivity contribution >= 4 is 61.3 Å². The van der Waals surface area contributed by atoms with Crippen LogP contribution in [0, 0.1) is 34.6 Å². The highest BCUT2D eigenvalue weighted by atomic mass is 35.5. The molecule has 7 fully saturated rings. The molecule has 3 saturated carbocycles. The number of piperidine rings is 3. The van der Waals surface area contributed by atoms with Gasteiger partial charge in [0.1, 0.15) is 34.5 Å². The first kappa shape index (κ1) is 62.0. The number of carbonyl (C=O) groups is 3. The van der Waals surface area contributed by atoms with E-state index in [1.807, 2.05) is 0 Å². The number of nitrogens with two attached hydrogens (primary N) is 1. The summed E-state index contributed by atoms with van der Waals surface area (Å²) in [6.45, 7) is 6.40. The molecular formula is C61H74Cl2F4N6O9S2. The SMILES string of the molecule is CCCN1CCN(C(=O)OC2(C3CCCC(c4cc(F)cc(F)c4)N3S(=O)(=O)c3ccc(Cl)cc3)CC2)CC1.NC(=O)C1(C2CCCCC2)CCN(C(=O)OC2(C3CCCC(c4cc(F)cc(F)c4)N3S(=O)(=O)c3ccc(Cl)cc3)CC2)CC1. The predicted octanol–water partition coefficient (Wildman–Crippen LogP) is 12.3. The molecule has 2 N–H and O–H groups in total. The number of hydrogen-bond donors (Lipinski definition) is 1. The first-order valence-corrected chi connectivity index (χ1v) is 33.2. The molecule has 4 aliphatic heterocycles. The van der Waals surface area contributed by atoms with Gasteiger partial charge >= 0.3 is 12.2 Å². The molecule has 4 heterocycles. The van der Waals surface area contributed by atoms with Gasteiger partial charge in [0.15, 0.2) is 0 Å². The van der Waals surface area contributed by atoms with Gasteiger partial charge in [-0.1, -0.05) is 49.4 Å². The number of nitrogens with zero attached hydrogens (tertiary/aromatic N) is 5. The van der Waals surface area contributed by atoms with E-state index in [0.29, 0.717) is 113 Å². The number of carbonyl (C=O) groups excluding carboxylic acids is 3. The fourth-order valence-electron chi connectivity index (χ4n) is 14.0. The lowest BCUT2D eigenvalue weighted by Gasteiger charge is -2.47. The quantitative estimate of drug-likeness (QED) is 0.119. The number of piperazine rings is 1. The normalized spacial score (nSPS) is 24.8. The highest BCUT2D eigenvalue weighted by molar-refractivity contribution is 7.89. The van der Waals surface area contributed by atoms with Gasteiger partial charge in [0.05, 0.1) is 39.4 Å². The second-order valence-corrected chi connectivity index (χ2v) is 28.5. The van der Waals surface area contributed by atoms with E-state index in [2.05, 4.69) is 11.8 Å². The number of rotatable bonds is 14. The van der Waals surface area contributed by atoms with E-state index in [4.69, 9.17) is 38.4 Å². The largest absolute Gasteiger partial charge is 0.441 e. The molecule has 23 heteroatoms. The van der Waals surface area contributed by atoms with E-state index in [9.17, 15) is 48.8 Å². The average Bonchev–Trinajstić information content (AvgIpc) is 2.47. The second kappa shape index (κ2) is 25.4. The van der Waals surface area contributed by atoms with Crippen LogP contribution in [0.2, 0.25) is 10.0 Å². The Hall–Kier alpha value is -5.03. The van der Waals surface area contributed by atoms with Gasteiger partial charge in [-0.05, 0) is 193 Å². The van der Waals surface area contributed by atoms with E-state index < -0.39 is 96.3 Å². The predicted molar refractivity (Wildman–Crippen MR) is 309 cm³/mol. The first-order chi connectivity index (χ1) is 40.1. The van der Waals surface area contributed by atoms with Crippen molar-refractivity contribution in [3.63, 3.8) is 0 Å². The fraction of sp³-hybridized carbons (Fsp3) is 0.557. The Labute approximate surface area is 500 Å². The molecule has 0 aromatic heterocycles. The van der Waals surface area contributed by atoms with Crippen LogP contribution in [0.4, 0.5) is 27.2 Å². The van der Waals surface area contributed by atoms with Crippen LogP contribution in [0.25, 0.3) is 0 Å². The molecular weight excluding hydrogens is 1170 g/mol. The molecule has 4 aromatic carbocycles. The molecule has 456 valence electrons. The summed E-state index contributed by atoms with van der Waals surface area (Å²) in [6, 6.07) is 14.7. The molecule has 0 bridgehead atoms. The Bertz CT molecular complexity index is 3230. The molecule has 4 aromatic rings. The molecule has 84 heavy (non-hydrogen) atoms. The van der Waals surface area contributed by atoms with E-state index >= 15 is 0 Å². The van der Waals surface area contributed by atoms with Gasteiger partial charge in [-0.3, -0.25) is 9.69 Å². The lowest BCUT2D eigenvalue weighted by Crippen LogP contribution is -2.56.